The Morgan fingerprint density at radius 2 is 2.00 bits per heavy atom. The van der Waals surface area contributed by atoms with Crippen molar-refractivity contribution < 1.29 is 14.5 Å². The minimum atomic E-state index is -0.588. The smallest absolute Gasteiger partial charge is 0.276 e. The van der Waals surface area contributed by atoms with Crippen molar-refractivity contribution >= 4 is 51.8 Å². The summed E-state index contributed by atoms with van der Waals surface area (Å²) in [6.07, 6.45) is 0. The second kappa shape index (κ2) is 8.76. The summed E-state index contributed by atoms with van der Waals surface area (Å²) in [4.78, 5) is 24.3. The Kier molecular flexibility index (Phi) is 5.90. The molecule has 0 saturated carbocycles. The van der Waals surface area contributed by atoms with Gasteiger partial charge in [-0.1, -0.05) is 29.3 Å². The first-order valence-corrected chi connectivity index (χ1v) is 10.4. The summed E-state index contributed by atoms with van der Waals surface area (Å²) in [6.45, 7) is 0. The van der Waals surface area contributed by atoms with Gasteiger partial charge in [-0.05, 0) is 35.7 Å². The fourth-order valence-electron chi connectivity index (χ4n) is 2.70. The van der Waals surface area contributed by atoms with Crippen molar-refractivity contribution in [2.24, 2.45) is 0 Å². The van der Waals surface area contributed by atoms with Crippen LogP contribution in [0.4, 0.5) is 11.4 Å². The van der Waals surface area contributed by atoms with Gasteiger partial charge in [0.1, 0.15) is 11.5 Å². The molecule has 31 heavy (non-hydrogen) atoms. The lowest BCUT2D eigenvalue weighted by molar-refractivity contribution is -0.384. The SMILES string of the molecule is O=C(Nc1cc(Oc2ccc(Cl)cc2Cl)cc([N+](=O)[O-])c1)c1cc(-c2cccs2)[nH]n1. The van der Waals surface area contributed by atoms with Crippen LogP contribution >= 0.6 is 34.5 Å². The highest BCUT2D eigenvalue weighted by Gasteiger charge is 2.17. The lowest BCUT2D eigenvalue weighted by Gasteiger charge is -2.10. The third-order valence-electron chi connectivity index (χ3n) is 4.08. The summed E-state index contributed by atoms with van der Waals surface area (Å²) < 4.78 is 5.67. The number of amides is 1. The first-order valence-electron chi connectivity index (χ1n) is 8.72. The van der Waals surface area contributed by atoms with Crippen molar-refractivity contribution in [3.63, 3.8) is 0 Å². The number of non-ortho nitro benzene ring substituents is 1. The van der Waals surface area contributed by atoms with Crippen LogP contribution in [-0.4, -0.2) is 21.0 Å². The van der Waals surface area contributed by atoms with E-state index in [0.29, 0.717) is 10.7 Å². The number of rotatable bonds is 6. The lowest BCUT2D eigenvalue weighted by atomic mass is 10.2. The number of nitrogens with zero attached hydrogens (tertiary/aromatic N) is 2. The number of nitrogens with one attached hydrogen (secondary N) is 2. The largest absolute Gasteiger partial charge is 0.455 e. The maximum Gasteiger partial charge on any atom is 0.276 e. The molecule has 2 aromatic carbocycles. The van der Waals surface area contributed by atoms with Crippen LogP contribution in [0.25, 0.3) is 10.6 Å². The molecule has 2 aromatic heterocycles. The molecule has 0 fully saturated rings. The molecular weight excluding hydrogens is 463 g/mol. The first-order chi connectivity index (χ1) is 14.9. The zero-order valence-electron chi connectivity index (χ0n) is 15.5. The maximum absolute atomic E-state index is 12.6. The molecule has 0 bridgehead atoms. The topological polar surface area (TPSA) is 110 Å². The molecule has 8 nitrogen and oxygen atoms in total. The van der Waals surface area contributed by atoms with E-state index in [4.69, 9.17) is 27.9 Å². The van der Waals surface area contributed by atoms with Gasteiger partial charge in [0.25, 0.3) is 11.6 Å². The number of halogens is 2. The average Bonchev–Trinajstić information content (AvgIpc) is 3.41. The number of aromatic amines is 1. The Bertz CT molecular complexity index is 1270. The number of hydrogen-bond acceptors (Lipinski definition) is 6. The molecule has 4 rings (SSSR count). The van der Waals surface area contributed by atoms with Crippen LogP contribution in [0.2, 0.25) is 10.0 Å². The molecule has 1 amide bonds. The van der Waals surface area contributed by atoms with Crippen LogP contribution < -0.4 is 10.1 Å². The second-order valence-electron chi connectivity index (χ2n) is 6.25. The quantitative estimate of drug-likeness (QED) is 0.248. The van der Waals surface area contributed by atoms with E-state index in [2.05, 4.69) is 15.5 Å². The fourth-order valence-corrected chi connectivity index (χ4v) is 3.84. The van der Waals surface area contributed by atoms with Crippen molar-refractivity contribution in [3.05, 3.63) is 85.8 Å². The summed E-state index contributed by atoms with van der Waals surface area (Å²) in [5, 5.41) is 23.3. The Labute approximate surface area is 189 Å². The molecule has 2 heterocycles. The number of nitro benzene ring substituents is 1. The molecule has 0 radical (unpaired) electrons. The molecule has 0 unspecified atom stereocenters. The van der Waals surface area contributed by atoms with Gasteiger partial charge in [-0.25, -0.2) is 0 Å². The summed E-state index contributed by atoms with van der Waals surface area (Å²) >= 11 is 13.5. The third-order valence-corrected chi connectivity index (χ3v) is 5.51. The van der Waals surface area contributed by atoms with Gasteiger partial charge >= 0.3 is 0 Å². The van der Waals surface area contributed by atoms with E-state index < -0.39 is 10.8 Å². The van der Waals surface area contributed by atoms with Crippen molar-refractivity contribution in [3.8, 4) is 22.1 Å². The number of anilines is 1. The Morgan fingerprint density at radius 3 is 2.71 bits per heavy atom. The van der Waals surface area contributed by atoms with E-state index in [1.807, 2.05) is 17.5 Å². The Balaban J connectivity index is 1.59. The van der Waals surface area contributed by atoms with Crippen LogP contribution in [0.3, 0.4) is 0 Å². The van der Waals surface area contributed by atoms with E-state index in [9.17, 15) is 14.9 Å². The van der Waals surface area contributed by atoms with Crippen LogP contribution in [0.15, 0.2) is 60.0 Å². The molecule has 0 atom stereocenters. The fraction of sp³-hybridized carbons (Fsp3) is 0. The van der Waals surface area contributed by atoms with Gasteiger partial charge in [0.15, 0.2) is 5.69 Å². The summed E-state index contributed by atoms with van der Waals surface area (Å²) in [7, 11) is 0. The van der Waals surface area contributed by atoms with Crippen LogP contribution in [0, 0.1) is 10.1 Å². The highest BCUT2D eigenvalue weighted by atomic mass is 35.5. The first kappa shape index (κ1) is 20.9. The summed E-state index contributed by atoms with van der Waals surface area (Å²) in [5.41, 5.74) is 0.734. The molecule has 0 spiro atoms. The van der Waals surface area contributed by atoms with Crippen LogP contribution in [0.1, 0.15) is 10.5 Å². The van der Waals surface area contributed by atoms with Gasteiger partial charge in [-0.3, -0.25) is 20.0 Å². The van der Waals surface area contributed by atoms with Gasteiger partial charge in [-0.15, -0.1) is 11.3 Å². The second-order valence-corrected chi connectivity index (χ2v) is 8.04. The molecule has 2 N–H and O–H groups in total. The number of ether oxygens (including phenoxy) is 1. The zero-order chi connectivity index (χ0) is 22.0. The molecule has 0 aliphatic rings. The number of carbonyl (C=O) groups excluding carboxylic acids is 1. The molecule has 11 heteroatoms. The van der Waals surface area contributed by atoms with E-state index in [1.165, 1.54) is 41.7 Å². The number of benzene rings is 2. The van der Waals surface area contributed by atoms with E-state index in [1.54, 1.807) is 12.1 Å². The molecule has 0 aliphatic carbocycles. The van der Waals surface area contributed by atoms with E-state index in [0.717, 1.165) is 4.88 Å². The number of carbonyl (C=O) groups is 1. The number of thiophene rings is 1. The lowest BCUT2D eigenvalue weighted by Crippen LogP contribution is -2.12. The third kappa shape index (κ3) is 4.85. The molecule has 0 saturated heterocycles. The van der Waals surface area contributed by atoms with Gasteiger partial charge in [0.2, 0.25) is 0 Å². The molecular formula is C20H12Cl2N4O4S. The predicted molar refractivity (Wildman–Crippen MR) is 119 cm³/mol. The number of hydrogen-bond donors (Lipinski definition) is 2. The molecule has 156 valence electrons. The van der Waals surface area contributed by atoms with E-state index >= 15 is 0 Å². The summed E-state index contributed by atoms with van der Waals surface area (Å²) in [6, 6.07) is 13.9. The monoisotopic (exact) mass is 474 g/mol. The average molecular weight is 475 g/mol. The molecule has 4 aromatic rings. The zero-order valence-corrected chi connectivity index (χ0v) is 17.8. The van der Waals surface area contributed by atoms with Crippen molar-refractivity contribution in [1.82, 2.24) is 10.2 Å². The van der Waals surface area contributed by atoms with Crippen LogP contribution in [-0.2, 0) is 0 Å². The molecule has 0 aliphatic heterocycles. The summed E-state index contributed by atoms with van der Waals surface area (Å²) in [5.74, 6) is -0.151. The predicted octanol–water partition coefficient (Wildman–Crippen LogP) is 6.40. The number of nitro groups is 1. The highest BCUT2D eigenvalue weighted by Crippen LogP contribution is 2.34. The Morgan fingerprint density at radius 1 is 1.16 bits per heavy atom. The van der Waals surface area contributed by atoms with Gasteiger partial charge in [0, 0.05) is 17.2 Å². The van der Waals surface area contributed by atoms with E-state index in [-0.39, 0.29) is 33.6 Å². The van der Waals surface area contributed by atoms with Crippen molar-refractivity contribution in [2.45, 2.75) is 0 Å². The van der Waals surface area contributed by atoms with Gasteiger partial charge in [0.05, 0.1) is 32.3 Å². The van der Waals surface area contributed by atoms with Gasteiger partial charge in [-0.2, -0.15) is 5.10 Å². The standard InChI is InChI=1S/C20H12Cl2N4O4S/c21-11-3-4-18(15(22)6-11)30-14-8-12(7-13(9-14)26(28)29)23-20(27)17-10-16(24-25-17)19-2-1-5-31-19/h1-10H,(H,23,27)(H,24,25). The van der Waals surface area contributed by atoms with Gasteiger partial charge < -0.3 is 10.1 Å². The number of H-pyrrole nitrogens is 1. The normalized spacial score (nSPS) is 10.6. The number of aromatic nitrogens is 2. The maximum atomic E-state index is 12.6. The minimum Gasteiger partial charge on any atom is -0.455 e. The minimum absolute atomic E-state index is 0.120. The highest BCUT2D eigenvalue weighted by molar-refractivity contribution is 7.13. The van der Waals surface area contributed by atoms with Crippen molar-refractivity contribution in [1.29, 1.82) is 0 Å². The van der Waals surface area contributed by atoms with Crippen molar-refractivity contribution in [2.75, 3.05) is 5.32 Å². The van der Waals surface area contributed by atoms with Crippen LogP contribution in [0.5, 0.6) is 11.5 Å². The Hall–Kier alpha value is -3.40.